The van der Waals surface area contributed by atoms with Crippen molar-refractivity contribution in [2.24, 2.45) is 5.41 Å². The average molecular weight is 249 g/mol. The molecule has 0 heterocycles. The predicted molar refractivity (Wildman–Crippen MR) is 78.0 cm³/mol. The molecule has 0 amide bonds. The molecule has 1 aromatic carbocycles. The maximum Gasteiger partial charge on any atom is 0.123 e. The molecule has 0 radical (unpaired) electrons. The van der Waals surface area contributed by atoms with Crippen molar-refractivity contribution >= 4 is 0 Å². The van der Waals surface area contributed by atoms with Crippen LogP contribution in [0.3, 0.4) is 0 Å². The average Bonchev–Trinajstić information content (AvgIpc) is 2.23. The number of hydrogen-bond donors (Lipinski definition) is 1. The molecule has 2 heteroatoms. The highest BCUT2D eigenvalue weighted by atomic mass is 16.5. The summed E-state index contributed by atoms with van der Waals surface area (Å²) in [6.45, 7) is 12.2. The molecule has 0 aliphatic carbocycles. The van der Waals surface area contributed by atoms with E-state index in [9.17, 15) is 0 Å². The summed E-state index contributed by atoms with van der Waals surface area (Å²) in [7, 11) is 1.72. The standard InChI is InChI=1S/C16H27NO/c1-15(2,3)12-16(4,5)17-11-13-9-7-8-10-14(13)18-6/h7-10,17H,11-12H2,1-6H3. The Balaban J connectivity index is 2.64. The van der Waals surface area contributed by atoms with Gasteiger partial charge in [0.25, 0.3) is 0 Å². The molecular weight excluding hydrogens is 222 g/mol. The zero-order valence-corrected chi connectivity index (χ0v) is 12.6. The van der Waals surface area contributed by atoms with Gasteiger partial charge >= 0.3 is 0 Å². The lowest BCUT2D eigenvalue weighted by atomic mass is 9.82. The summed E-state index contributed by atoms with van der Waals surface area (Å²) in [6.07, 6.45) is 1.13. The van der Waals surface area contributed by atoms with Gasteiger partial charge in [0.2, 0.25) is 0 Å². The molecular formula is C16H27NO. The van der Waals surface area contributed by atoms with Crippen LogP contribution in [0.2, 0.25) is 0 Å². The van der Waals surface area contributed by atoms with Crippen LogP contribution >= 0.6 is 0 Å². The first-order valence-corrected chi connectivity index (χ1v) is 6.60. The Hall–Kier alpha value is -1.02. The van der Waals surface area contributed by atoms with Crippen LogP contribution in [0, 0.1) is 5.41 Å². The minimum absolute atomic E-state index is 0.124. The maximum absolute atomic E-state index is 5.37. The van der Waals surface area contributed by atoms with Crippen molar-refractivity contribution in [3.63, 3.8) is 0 Å². The van der Waals surface area contributed by atoms with Crippen LogP contribution < -0.4 is 10.1 Å². The molecule has 0 spiro atoms. The highest BCUT2D eigenvalue weighted by molar-refractivity contribution is 5.33. The first-order valence-electron chi connectivity index (χ1n) is 6.60. The van der Waals surface area contributed by atoms with Gasteiger partial charge in [0.1, 0.15) is 5.75 Å². The molecule has 0 saturated heterocycles. The summed E-state index contributed by atoms with van der Waals surface area (Å²) in [6, 6.07) is 8.17. The molecule has 1 N–H and O–H groups in total. The molecule has 0 aromatic heterocycles. The van der Waals surface area contributed by atoms with E-state index in [2.05, 4.69) is 52.1 Å². The van der Waals surface area contributed by atoms with Gasteiger partial charge in [0.05, 0.1) is 7.11 Å². The normalized spacial score (nSPS) is 12.6. The van der Waals surface area contributed by atoms with Crippen molar-refractivity contribution in [2.45, 2.75) is 53.1 Å². The molecule has 0 aliphatic heterocycles. The summed E-state index contributed by atoms with van der Waals surface area (Å²) in [5, 5.41) is 3.63. The third-order valence-electron chi connectivity index (χ3n) is 2.92. The lowest BCUT2D eigenvalue weighted by Crippen LogP contribution is -2.41. The monoisotopic (exact) mass is 249 g/mol. The molecule has 0 bridgehead atoms. The van der Waals surface area contributed by atoms with Crippen LogP contribution in [0.1, 0.15) is 46.6 Å². The van der Waals surface area contributed by atoms with E-state index in [1.165, 1.54) is 5.56 Å². The Kier molecular flexibility index (Phi) is 4.80. The summed E-state index contributed by atoms with van der Waals surface area (Å²) >= 11 is 0. The van der Waals surface area contributed by atoms with Gasteiger partial charge in [0, 0.05) is 17.6 Å². The van der Waals surface area contributed by atoms with Crippen molar-refractivity contribution in [3.05, 3.63) is 29.8 Å². The van der Waals surface area contributed by atoms with Gasteiger partial charge in [-0.05, 0) is 31.7 Å². The van der Waals surface area contributed by atoms with Crippen LogP contribution in [0.5, 0.6) is 5.75 Å². The Morgan fingerprint density at radius 2 is 1.67 bits per heavy atom. The van der Waals surface area contributed by atoms with E-state index in [0.29, 0.717) is 5.41 Å². The van der Waals surface area contributed by atoms with E-state index < -0.39 is 0 Å². The van der Waals surface area contributed by atoms with E-state index in [1.54, 1.807) is 7.11 Å². The summed E-state index contributed by atoms with van der Waals surface area (Å²) in [5.74, 6) is 0.955. The summed E-state index contributed by atoms with van der Waals surface area (Å²) < 4.78 is 5.37. The number of methoxy groups -OCH3 is 1. The SMILES string of the molecule is COc1ccccc1CNC(C)(C)CC(C)(C)C. The largest absolute Gasteiger partial charge is 0.496 e. The van der Waals surface area contributed by atoms with Gasteiger partial charge in [-0.15, -0.1) is 0 Å². The fraction of sp³-hybridized carbons (Fsp3) is 0.625. The molecule has 2 nitrogen and oxygen atoms in total. The van der Waals surface area contributed by atoms with Crippen LogP contribution in [0.4, 0.5) is 0 Å². The van der Waals surface area contributed by atoms with Gasteiger partial charge in [0.15, 0.2) is 0 Å². The first-order chi connectivity index (χ1) is 8.23. The zero-order chi connectivity index (χ0) is 13.8. The highest BCUT2D eigenvalue weighted by Gasteiger charge is 2.24. The van der Waals surface area contributed by atoms with E-state index in [0.717, 1.165) is 18.7 Å². The van der Waals surface area contributed by atoms with Crippen LogP contribution in [0.15, 0.2) is 24.3 Å². The molecule has 0 saturated carbocycles. The molecule has 0 aliphatic rings. The minimum Gasteiger partial charge on any atom is -0.496 e. The van der Waals surface area contributed by atoms with Gasteiger partial charge in [-0.1, -0.05) is 39.0 Å². The quantitative estimate of drug-likeness (QED) is 0.851. The third-order valence-corrected chi connectivity index (χ3v) is 2.92. The summed E-state index contributed by atoms with van der Waals surface area (Å²) in [4.78, 5) is 0. The lowest BCUT2D eigenvalue weighted by molar-refractivity contribution is 0.240. The topological polar surface area (TPSA) is 21.3 Å². The van der Waals surface area contributed by atoms with Crippen LogP contribution in [-0.4, -0.2) is 12.6 Å². The number of nitrogens with one attached hydrogen (secondary N) is 1. The van der Waals surface area contributed by atoms with E-state index in [4.69, 9.17) is 4.74 Å². The molecule has 18 heavy (non-hydrogen) atoms. The van der Waals surface area contributed by atoms with Crippen LogP contribution in [-0.2, 0) is 6.54 Å². The number of hydrogen-bond acceptors (Lipinski definition) is 2. The molecule has 102 valence electrons. The van der Waals surface area contributed by atoms with Gasteiger partial charge in [-0.2, -0.15) is 0 Å². The molecule has 0 unspecified atom stereocenters. The van der Waals surface area contributed by atoms with Crippen molar-refractivity contribution in [2.75, 3.05) is 7.11 Å². The van der Waals surface area contributed by atoms with Gasteiger partial charge in [-0.3, -0.25) is 0 Å². The fourth-order valence-electron chi connectivity index (χ4n) is 2.57. The number of rotatable bonds is 5. The zero-order valence-electron chi connectivity index (χ0n) is 12.6. The lowest BCUT2D eigenvalue weighted by Gasteiger charge is -2.33. The van der Waals surface area contributed by atoms with E-state index in [-0.39, 0.29) is 5.54 Å². The summed E-state index contributed by atoms with van der Waals surface area (Å²) in [5.41, 5.74) is 1.66. The minimum atomic E-state index is 0.124. The Labute approximate surface area is 112 Å². The Morgan fingerprint density at radius 3 is 2.22 bits per heavy atom. The molecule has 0 atom stereocenters. The second kappa shape index (κ2) is 5.75. The van der Waals surface area contributed by atoms with Crippen molar-refractivity contribution < 1.29 is 4.74 Å². The number of benzene rings is 1. The van der Waals surface area contributed by atoms with Crippen molar-refractivity contribution in [1.29, 1.82) is 0 Å². The molecule has 1 rings (SSSR count). The van der Waals surface area contributed by atoms with E-state index >= 15 is 0 Å². The van der Waals surface area contributed by atoms with E-state index in [1.807, 2.05) is 12.1 Å². The van der Waals surface area contributed by atoms with Crippen molar-refractivity contribution in [1.82, 2.24) is 5.32 Å². The second-order valence-corrected chi connectivity index (χ2v) is 6.79. The Bertz CT molecular complexity index is 377. The first kappa shape index (κ1) is 15.0. The highest BCUT2D eigenvalue weighted by Crippen LogP contribution is 2.27. The van der Waals surface area contributed by atoms with Gasteiger partial charge in [-0.25, -0.2) is 0 Å². The second-order valence-electron chi connectivity index (χ2n) is 6.79. The smallest absolute Gasteiger partial charge is 0.123 e. The molecule has 1 aromatic rings. The fourth-order valence-corrected chi connectivity index (χ4v) is 2.57. The third kappa shape index (κ3) is 5.09. The van der Waals surface area contributed by atoms with Crippen molar-refractivity contribution in [3.8, 4) is 5.75 Å². The van der Waals surface area contributed by atoms with Gasteiger partial charge < -0.3 is 10.1 Å². The van der Waals surface area contributed by atoms with Crippen LogP contribution in [0.25, 0.3) is 0 Å². The predicted octanol–water partition coefficient (Wildman–Crippen LogP) is 4.00. The number of para-hydroxylation sites is 1. The molecule has 0 fully saturated rings. The maximum atomic E-state index is 5.37. The Morgan fingerprint density at radius 1 is 1.06 bits per heavy atom. The number of ether oxygens (including phenoxy) is 1.